The molecule has 0 aliphatic rings. The normalized spacial score (nSPS) is 10.9. The first-order valence-corrected chi connectivity index (χ1v) is 6.19. The van der Waals surface area contributed by atoms with Gasteiger partial charge in [-0.05, 0) is 18.6 Å². The molecule has 0 aliphatic heterocycles. The minimum atomic E-state index is -3.14. The van der Waals surface area contributed by atoms with Gasteiger partial charge in [-0.15, -0.1) is 12.4 Å². The van der Waals surface area contributed by atoms with Gasteiger partial charge in [-0.1, -0.05) is 24.6 Å². The van der Waals surface area contributed by atoms with E-state index in [4.69, 9.17) is 5.73 Å². The highest BCUT2D eigenvalue weighted by Gasteiger charge is 2.15. The Morgan fingerprint density at radius 1 is 1.33 bits per heavy atom. The Morgan fingerprint density at radius 3 is 2.40 bits per heavy atom. The number of hydrogen-bond acceptors (Lipinski definition) is 3. The number of nitrogens with two attached hydrogens (primary N) is 1. The molecule has 0 spiro atoms. The lowest BCUT2D eigenvalue weighted by Crippen LogP contribution is -2.10. The summed E-state index contributed by atoms with van der Waals surface area (Å²) in [6.07, 6.45) is 0. The molecule has 0 unspecified atom stereocenters. The number of hydrogen-bond donors (Lipinski definition) is 1. The summed E-state index contributed by atoms with van der Waals surface area (Å²) >= 11 is 0. The highest BCUT2D eigenvalue weighted by molar-refractivity contribution is 7.91. The molecule has 0 saturated heterocycles. The zero-order valence-electron chi connectivity index (χ0n) is 8.86. The van der Waals surface area contributed by atoms with Gasteiger partial charge in [-0.3, -0.25) is 0 Å². The van der Waals surface area contributed by atoms with Crippen LogP contribution in [-0.4, -0.2) is 14.2 Å². The summed E-state index contributed by atoms with van der Waals surface area (Å²) in [4.78, 5) is 0.369. The Labute approximate surface area is 97.0 Å². The fraction of sp³-hybridized carbons (Fsp3) is 0.400. The summed E-state index contributed by atoms with van der Waals surface area (Å²) in [5, 5.41) is 0. The first kappa shape index (κ1) is 14.4. The van der Waals surface area contributed by atoms with Gasteiger partial charge in [0.05, 0.1) is 10.6 Å². The van der Waals surface area contributed by atoms with Crippen LogP contribution in [-0.2, 0) is 16.4 Å². The molecule has 0 amide bonds. The van der Waals surface area contributed by atoms with Gasteiger partial charge in [-0.25, -0.2) is 8.42 Å². The molecule has 0 aromatic heterocycles. The van der Waals surface area contributed by atoms with Crippen molar-refractivity contribution >= 4 is 22.2 Å². The summed E-state index contributed by atoms with van der Waals surface area (Å²) in [5.41, 5.74) is 7.24. The quantitative estimate of drug-likeness (QED) is 0.887. The van der Waals surface area contributed by atoms with Gasteiger partial charge >= 0.3 is 0 Å². The molecule has 0 saturated carbocycles. The van der Waals surface area contributed by atoms with E-state index >= 15 is 0 Å². The fourth-order valence-corrected chi connectivity index (χ4v) is 2.45. The highest BCUT2D eigenvalue weighted by atomic mass is 35.5. The number of aryl methyl sites for hydroxylation is 1. The molecule has 5 heteroatoms. The van der Waals surface area contributed by atoms with E-state index in [0.29, 0.717) is 10.5 Å². The van der Waals surface area contributed by atoms with Crippen LogP contribution in [0.3, 0.4) is 0 Å². The van der Waals surface area contributed by atoms with Gasteiger partial charge in [0.2, 0.25) is 0 Å². The van der Waals surface area contributed by atoms with Gasteiger partial charge in [0.25, 0.3) is 0 Å². The third-order valence-electron chi connectivity index (χ3n) is 2.15. The molecule has 0 fully saturated rings. The zero-order valence-corrected chi connectivity index (χ0v) is 10.5. The first-order chi connectivity index (χ1) is 6.51. The van der Waals surface area contributed by atoms with Crippen LogP contribution in [0.5, 0.6) is 0 Å². The minimum Gasteiger partial charge on any atom is -0.326 e. The van der Waals surface area contributed by atoms with E-state index in [0.717, 1.165) is 5.56 Å². The van der Waals surface area contributed by atoms with Crippen LogP contribution >= 0.6 is 12.4 Å². The van der Waals surface area contributed by atoms with Crippen molar-refractivity contribution in [2.45, 2.75) is 25.3 Å². The van der Waals surface area contributed by atoms with Crippen LogP contribution in [0.2, 0.25) is 0 Å². The summed E-state index contributed by atoms with van der Waals surface area (Å²) in [5.74, 6) is 0.114. The Bertz CT molecular complexity index is 429. The Kier molecular flexibility index (Phi) is 5.28. The predicted octanol–water partition coefficient (Wildman–Crippen LogP) is 1.67. The predicted molar refractivity (Wildman–Crippen MR) is 64.0 cm³/mol. The topological polar surface area (TPSA) is 60.2 Å². The van der Waals surface area contributed by atoms with E-state index < -0.39 is 9.84 Å². The number of sulfone groups is 1. The molecule has 1 aromatic carbocycles. The minimum absolute atomic E-state index is 0. The summed E-state index contributed by atoms with van der Waals surface area (Å²) in [7, 11) is -3.14. The van der Waals surface area contributed by atoms with Crippen molar-refractivity contribution in [3.8, 4) is 0 Å². The third-order valence-corrected chi connectivity index (χ3v) is 3.98. The van der Waals surface area contributed by atoms with Crippen molar-refractivity contribution in [1.82, 2.24) is 0 Å². The van der Waals surface area contributed by atoms with E-state index in [1.54, 1.807) is 19.1 Å². The molecule has 0 aliphatic carbocycles. The van der Waals surface area contributed by atoms with Crippen LogP contribution in [0.4, 0.5) is 0 Å². The largest absolute Gasteiger partial charge is 0.326 e. The van der Waals surface area contributed by atoms with Crippen LogP contribution < -0.4 is 5.73 Å². The van der Waals surface area contributed by atoms with Gasteiger partial charge in [0, 0.05) is 6.54 Å². The lowest BCUT2D eigenvalue weighted by Gasteiger charge is -2.08. The maximum absolute atomic E-state index is 11.6. The SMILES string of the molecule is CCS(=O)(=O)c1ccc(C)cc1CN.Cl. The molecule has 15 heavy (non-hydrogen) atoms. The number of benzene rings is 1. The molecule has 86 valence electrons. The van der Waals surface area contributed by atoms with Crippen molar-refractivity contribution in [3.05, 3.63) is 29.3 Å². The summed E-state index contributed by atoms with van der Waals surface area (Å²) < 4.78 is 23.3. The highest BCUT2D eigenvalue weighted by Crippen LogP contribution is 2.18. The molecule has 2 N–H and O–H groups in total. The van der Waals surface area contributed by atoms with Crippen molar-refractivity contribution in [2.75, 3.05) is 5.75 Å². The summed E-state index contributed by atoms with van der Waals surface area (Å²) in [6, 6.07) is 5.25. The van der Waals surface area contributed by atoms with Gasteiger partial charge in [0.1, 0.15) is 0 Å². The van der Waals surface area contributed by atoms with E-state index in [1.165, 1.54) is 0 Å². The van der Waals surface area contributed by atoms with Gasteiger partial charge < -0.3 is 5.73 Å². The van der Waals surface area contributed by atoms with Crippen LogP contribution in [0.25, 0.3) is 0 Å². The molecular weight excluding hydrogens is 234 g/mol. The van der Waals surface area contributed by atoms with Crippen molar-refractivity contribution in [3.63, 3.8) is 0 Å². The first-order valence-electron chi connectivity index (χ1n) is 4.53. The average molecular weight is 250 g/mol. The maximum Gasteiger partial charge on any atom is 0.178 e. The average Bonchev–Trinajstić information content (AvgIpc) is 2.17. The van der Waals surface area contributed by atoms with E-state index in [2.05, 4.69) is 0 Å². The van der Waals surface area contributed by atoms with E-state index in [1.807, 2.05) is 13.0 Å². The number of halogens is 1. The fourth-order valence-electron chi connectivity index (χ4n) is 1.33. The Hall–Kier alpha value is -0.580. The second-order valence-electron chi connectivity index (χ2n) is 3.22. The van der Waals surface area contributed by atoms with Crippen molar-refractivity contribution < 1.29 is 8.42 Å². The Balaban J connectivity index is 0.00000196. The smallest absolute Gasteiger partial charge is 0.178 e. The molecule has 3 nitrogen and oxygen atoms in total. The summed E-state index contributed by atoms with van der Waals surface area (Å²) in [6.45, 7) is 3.81. The Morgan fingerprint density at radius 2 is 1.93 bits per heavy atom. The molecule has 0 heterocycles. The standard InChI is InChI=1S/C10H15NO2S.ClH/c1-3-14(12,13)10-5-4-8(2)6-9(10)7-11;/h4-6H,3,7,11H2,1-2H3;1H. The molecule has 1 rings (SSSR count). The maximum atomic E-state index is 11.6. The van der Waals surface area contributed by atoms with Crippen LogP contribution in [0.15, 0.2) is 23.1 Å². The lowest BCUT2D eigenvalue weighted by atomic mass is 10.1. The second-order valence-corrected chi connectivity index (χ2v) is 5.47. The molecule has 0 atom stereocenters. The van der Waals surface area contributed by atoms with E-state index in [-0.39, 0.29) is 24.7 Å². The molecular formula is C10H16ClNO2S. The van der Waals surface area contributed by atoms with Crippen LogP contribution in [0, 0.1) is 6.92 Å². The second kappa shape index (κ2) is 5.49. The molecule has 0 bridgehead atoms. The lowest BCUT2D eigenvalue weighted by molar-refractivity contribution is 0.596. The molecule has 1 aromatic rings. The zero-order chi connectivity index (χ0) is 10.8. The number of rotatable bonds is 3. The monoisotopic (exact) mass is 249 g/mol. The van der Waals surface area contributed by atoms with Gasteiger partial charge in [-0.2, -0.15) is 0 Å². The van der Waals surface area contributed by atoms with Crippen molar-refractivity contribution in [2.24, 2.45) is 5.73 Å². The van der Waals surface area contributed by atoms with E-state index in [9.17, 15) is 8.42 Å². The van der Waals surface area contributed by atoms with Crippen molar-refractivity contribution in [1.29, 1.82) is 0 Å². The third kappa shape index (κ3) is 3.19. The van der Waals surface area contributed by atoms with Crippen LogP contribution in [0.1, 0.15) is 18.1 Å². The molecule has 0 radical (unpaired) electrons. The van der Waals surface area contributed by atoms with Gasteiger partial charge in [0.15, 0.2) is 9.84 Å².